The third-order valence-corrected chi connectivity index (χ3v) is 2.84. The molecule has 1 unspecified atom stereocenters. The van der Waals surface area contributed by atoms with Crippen molar-refractivity contribution in [3.05, 3.63) is 35.7 Å². The smallest absolute Gasteiger partial charge is 0.0890 e. The monoisotopic (exact) mass is 215 g/mol. The summed E-state index contributed by atoms with van der Waals surface area (Å²) in [6.45, 7) is 4.17. The lowest BCUT2D eigenvalue weighted by atomic mass is 10.1. The van der Waals surface area contributed by atoms with Gasteiger partial charge in [0.15, 0.2) is 0 Å². The highest BCUT2D eigenvalue weighted by Gasteiger charge is 2.07. The van der Waals surface area contributed by atoms with Crippen LogP contribution in [0.15, 0.2) is 24.3 Å². The Hall–Kier alpha value is -1.48. The molecule has 2 rings (SSSR count). The zero-order valence-electron chi connectivity index (χ0n) is 9.99. The van der Waals surface area contributed by atoms with Crippen LogP contribution in [0.5, 0.6) is 0 Å². The first-order valence-electron chi connectivity index (χ1n) is 5.60. The van der Waals surface area contributed by atoms with Crippen LogP contribution in [-0.4, -0.2) is 23.1 Å². The predicted molar refractivity (Wildman–Crippen MR) is 66.5 cm³/mol. The number of fused-ring (bicyclic) bond motifs is 1. The lowest BCUT2D eigenvalue weighted by molar-refractivity contribution is 0.598. The summed E-state index contributed by atoms with van der Waals surface area (Å²) in [5, 5.41) is 3.22. The highest BCUT2D eigenvalue weighted by molar-refractivity contribution is 5.74. The first kappa shape index (κ1) is 11.0. The number of para-hydroxylation sites is 2. The van der Waals surface area contributed by atoms with E-state index in [2.05, 4.69) is 22.2 Å². The molecule has 0 spiro atoms. The molecule has 0 fully saturated rings. The van der Waals surface area contributed by atoms with Crippen LogP contribution < -0.4 is 5.32 Å². The van der Waals surface area contributed by atoms with Crippen LogP contribution in [0.1, 0.15) is 18.3 Å². The molecule has 0 saturated carbocycles. The predicted octanol–water partition coefficient (Wildman–Crippen LogP) is 2.09. The molecule has 84 valence electrons. The van der Waals surface area contributed by atoms with E-state index in [0.717, 1.165) is 28.8 Å². The fourth-order valence-electron chi connectivity index (χ4n) is 1.71. The third kappa shape index (κ3) is 2.19. The van der Waals surface area contributed by atoms with Crippen LogP contribution in [0.3, 0.4) is 0 Å². The number of aromatic nitrogens is 2. The van der Waals surface area contributed by atoms with E-state index in [1.165, 1.54) is 0 Å². The number of hydrogen-bond acceptors (Lipinski definition) is 3. The van der Waals surface area contributed by atoms with Gasteiger partial charge in [-0.15, -0.1) is 0 Å². The first-order valence-corrected chi connectivity index (χ1v) is 5.60. The van der Waals surface area contributed by atoms with E-state index in [1.807, 2.05) is 38.2 Å². The summed E-state index contributed by atoms with van der Waals surface area (Å²) >= 11 is 0. The molecule has 1 atom stereocenters. The summed E-state index contributed by atoms with van der Waals surface area (Å²) in [7, 11) is 1.97. The van der Waals surface area contributed by atoms with Crippen LogP contribution in [-0.2, 0) is 6.42 Å². The van der Waals surface area contributed by atoms with Gasteiger partial charge in [0, 0.05) is 12.5 Å². The number of benzene rings is 1. The highest BCUT2D eigenvalue weighted by atomic mass is 14.9. The molecule has 0 aliphatic heterocycles. The average Bonchev–Trinajstić information content (AvgIpc) is 2.30. The maximum Gasteiger partial charge on any atom is 0.0890 e. The maximum absolute atomic E-state index is 4.66. The molecule has 1 heterocycles. The van der Waals surface area contributed by atoms with E-state index in [9.17, 15) is 0 Å². The largest absolute Gasteiger partial charge is 0.317 e. The molecule has 3 nitrogen and oxygen atoms in total. The lowest BCUT2D eigenvalue weighted by Crippen LogP contribution is -2.24. The van der Waals surface area contributed by atoms with E-state index >= 15 is 0 Å². The van der Waals surface area contributed by atoms with E-state index < -0.39 is 0 Å². The summed E-state index contributed by atoms with van der Waals surface area (Å²) in [6.07, 6.45) is 0.917. The third-order valence-electron chi connectivity index (χ3n) is 2.84. The lowest BCUT2D eigenvalue weighted by Gasteiger charge is -2.11. The molecule has 0 saturated heterocycles. The Kier molecular flexibility index (Phi) is 3.15. The second kappa shape index (κ2) is 4.58. The fourth-order valence-corrected chi connectivity index (χ4v) is 1.71. The Morgan fingerprint density at radius 1 is 1.19 bits per heavy atom. The van der Waals surface area contributed by atoms with Crippen molar-refractivity contribution >= 4 is 11.0 Å². The minimum absolute atomic E-state index is 0.425. The van der Waals surface area contributed by atoms with Gasteiger partial charge >= 0.3 is 0 Å². The van der Waals surface area contributed by atoms with Crippen molar-refractivity contribution in [1.82, 2.24) is 15.3 Å². The normalized spacial score (nSPS) is 12.9. The molecular formula is C13H17N3. The number of rotatable bonds is 3. The van der Waals surface area contributed by atoms with Gasteiger partial charge in [-0.3, -0.25) is 0 Å². The Morgan fingerprint density at radius 3 is 2.44 bits per heavy atom. The van der Waals surface area contributed by atoms with Crippen molar-refractivity contribution in [2.24, 2.45) is 0 Å². The number of hydrogen-bond donors (Lipinski definition) is 1. The van der Waals surface area contributed by atoms with Gasteiger partial charge in [-0.1, -0.05) is 12.1 Å². The quantitative estimate of drug-likeness (QED) is 0.852. The molecule has 1 aromatic heterocycles. The van der Waals surface area contributed by atoms with Gasteiger partial charge in [-0.05, 0) is 33.0 Å². The molecule has 0 bridgehead atoms. The number of aryl methyl sites for hydroxylation is 1. The highest BCUT2D eigenvalue weighted by Crippen LogP contribution is 2.13. The first-order chi connectivity index (χ1) is 7.70. The summed E-state index contributed by atoms with van der Waals surface area (Å²) in [5.74, 6) is 0. The minimum Gasteiger partial charge on any atom is -0.317 e. The second-order valence-corrected chi connectivity index (χ2v) is 4.14. The van der Waals surface area contributed by atoms with Crippen molar-refractivity contribution in [1.29, 1.82) is 0 Å². The van der Waals surface area contributed by atoms with Crippen LogP contribution >= 0.6 is 0 Å². The van der Waals surface area contributed by atoms with Gasteiger partial charge in [-0.25, -0.2) is 9.97 Å². The van der Waals surface area contributed by atoms with Gasteiger partial charge in [0.2, 0.25) is 0 Å². The summed E-state index contributed by atoms with van der Waals surface area (Å²) in [6, 6.07) is 8.43. The Balaban J connectivity index is 2.42. The van der Waals surface area contributed by atoms with Gasteiger partial charge < -0.3 is 5.32 Å². The molecular weight excluding hydrogens is 198 g/mol. The van der Waals surface area contributed by atoms with E-state index in [1.54, 1.807) is 0 Å². The Labute approximate surface area is 95.9 Å². The van der Waals surface area contributed by atoms with Gasteiger partial charge in [0.25, 0.3) is 0 Å². The van der Waals surface area contributed by atoms with Crippen LogP contribution in [0.25, 0.3) is 11.0 Å². The topological polar surface area (TPSA) is 37.8 Å². The van der Waals surface area contributed by atoms with Crippen molar-refractivity contribution < 1.29 is 0 Å². The molecule has 1 N–H and O–H groups in total. The SMILES string of the molecule is CNC(C)Cc1nc2ccccc2nc1C. The zero-order valence-corrected chi connectivity index (χ0v) is 9.99. The second-order valence-electron chi connectivity index (χ2n) is 4.14. The number of nitrogens with zero attached hydrogens (tertiary/aromatic N) is 2. The van der Waals surface area contributed by atoms with Crippen molar-refractivity contribution in [3.63, 3.8) is 0 Å². The summed E-state index contributed by atoms with van der Waals surface area (Å²) in [4.78, 5) is 9.23. The van der Waals surface area contributed by atoms with Crippen molar-refractivity contribution in [2.75, 3.05) is 7.05 Å². The molecule has 0 aliphatic carbocycles. The summed E-state index contributed by atoms with van der Waals surface area (Å²) < 4.78 is 0. The average molecular weight is 215 g/mol. The molecule has 16 heavy (non-hydrogen) atoms. The summed E-state index contributed by atoms with van der Waals surface area (Å²) in [5.41, 5.74) is 4.06. The molecule has 1 aromatic carbocycles. The molecule has 0 radical (unpaired) electrons. The molecule has 2 aromatic rings. The molecule has 0 amide bonds. The van der Waals surface area contributed by atoms with E-state index in [-0.39, 0.29) is 0 Å². The number of likely N-dealkylation sites (N-methyl/N-ethyl adjacent to an activating group) is 1. The molecule has 3 heteroatoms. The van der Waals surface area contributed by atoms with Crippen LogP contribution in [0.2, 0.25) is 0 Å². The van der Waals surface area contributed by atoms with E-state index in [0.29, 0.717) is 6.04 Å². The van der Waals surface area contributed by atoms with E-state index in [4.69, 9.17) is 0 Å². The van der Waals surface area contributed by atoms with Gasteiger partial charge in [-0.2, -0.15) is 0 Å². The van der Waals surface area contributed by atoms with Crippen molar-refractivity contribution in [3.8, 4) is 0 Å². The zero-order chi connectivity index (χ0) is 11.5. The van der Waals surface area contributed by atoms with Gasteiger partial charge in [0.1, 0.15) is 0 Å². The van der Waals surface area contributed by atoms with Gasteiger partial charge in [0.05, 0.1) is 22.4 Å². The Morgan fingerprint density at radius 2 is 1.81 bits per heavy atom. The standard InChI is InChI=1S/C13H17N3/c1-9(14-3)8-13-10(2)15-11-6-4-5-7-12(11)16-13/h4-7,9,14H,8H2,1-3H3. The maximum atomic E-state index is 4.66. The number of nitrogens with one attached hydrogen (secondary N) is 1. The minimum atomic E-state index is 0.425. The van der Waals surface area contributed by atoms with Crippen molar-refractivity contribution in [2.45, 2.75) is 26.3 Å². The molecule has 0 aliphatic rings. The van der Waals surface area contributed by atoms with Crippen LogP contribution in [0, 0.1) is 6.92 Å². The fraction of sp³-hybridized carbons (Fsp3) is 0.385. The van der Waals surface area contributed by atoms with Crippen LogP contribution in [0.4, 0.5) is 0 Å². The Bertz CT molecular complexity index is 494.